The second-order valence-electron chi connectivity index (χ2n) is 7.12. The molecule has 0 saturated heterocycles. The highest BCUT2D eigenvalue weighted by Crippen LogP contribution is 2.29. The van der Waals surface area contributed by atoms with Gasteiger partial charge in [0.15, 0.2) is 18.1 Å². The van der Waals surface area contributed by atoms with Crippen LogP contribution in [0.2, 0.25) is 0 Å². The Morgan fingerprint density at radius 3 is 2.37 bits per heavy atom. The third-order valence-electron chi connectivity index (χ3n) is 4.23. The highest BCUT2D eigenvalue weighted by atomic mass is 16.5. The summed E-state index contributed by atoms with van der Waals surface area (Å²) in [7, 11) is 1.55. The predicted molar refractivity (Wildman–Crippen MR) is 117 cm³/mol. The summed E-state index contributed by atoms with van der Waals surface area (Å²) in [6.45, 7) is 7.21. The molecule has 0 saturated carbocycles. The summed E-state index contributed by atoms with van der Waals surface area (Å²) >= 11 is 0. The van der Waals surface area contributed by atoms with Crippen LogP contribution in [0.5, 0.6) is 17.2 Å². The molecule has 7 nitrogen and oxygen atoms in total. The summed E-state index contributed by atoms with van der Waals surface area (Å²) in [6.07, 6.45) is 0.939. The van der Waals surface area contributed by atoms with E-state index in [1.807, 2.05) is 6.92 Å². The molecule has 0 aliphatic carbocycles. The van der Waals surface area contributed by atoms with Crippen molar-refractivity contribution in [3.8, 4) is 17.2 Å². The number of likely N-dealkylation sites (N-methyl/N-ethyl adjacent to an activating group) is 1. The molecule has 0 aliphatic heterocycles. The van der Waals surface area contributed by atoms with Crippen LogP contribution < -0.4 is 24.8 Å². The number of methoxy groups -OCH3 is 1. The van der Waals surface area contributed by atoms with Crippen LogP contribution in [0.4, 0.5) is 5.69 Å². The molecule has 30 heavy (non-hydrogen) atoms. The standard InChI is InChI=1S/C23H30N2O5/c1-5-24-22(26)15-30-19-9-7-18(8-10-19)25-23(27)17-6-11-20(21(14-17)28-4)29-13-12-16(2)3/h6-11,14,16H,5,12-13,15H2,1-4H3,(H,24,26)(H,25,27). The van der Waals surface area contributed by atoms with Crippen molar-refractivity contribution >= 4 is 17.5 Å². The molecule has 0 bridgehead atoms. The van der Waals surface area contributed by atoms with E-state index in [1.165, 1.54) is 0 Å². The highest BCUT2D eigenvalue weighted by Gasteiger charge is 2.12. The van der Waals surface area contributed by atoms with Crippen molar-refractivity contribution in [1.29, 1.82) is 0 Å². The van der Waals surface area contributed by atoms with Gasteiger partial charge in [-0.05, 0) is 61.7 Å². The number of nitrogens with one attached hydrogen (secondary N) is 2. The van der Waals surface area contributed by atoms with Crippen molar-refractivity contribution in [2.24, 2.45) is 5.92 Å². The molecule has 2 N–H and O–H groups in total. The van der Waals surface area contributed by atoms with Crippen molar-refractivity contribution in [2.75, 3.05) is 32.2 Å². The summed E-state index contributed by atoms with van der Waals surface area (Å²) in [6, 6.07) is 11.9. The fraction of sp³-hybridized carbons (Fsp3) is 0.391. The number of carbonyl (C=O) groups is 2. The number of amides is 2. The van der Waals surface area contributed by atoms with Gasteiger partial charge in [-0.2, -0.15) is 0 Å². The van der Waals surface area contributed by atoms with E-state index < -0.39 is 0 Å². The van der Waals surface area contributed by atoms with E-state index in [2.05, 4.69) is 24.5 Å². The Labute approximate surface area is 177 Å². The lowest BCUT2D eigenvalue weighted by Gasteiger charge is -2.13. The third kappa shape index (κ3) is 7.31. The normalized spacial score (nSPS) is 10.4. The van der Waals surface area contributed by atoms with Gasteiger partial charge in [-0.15, -0.1) is 0 Å². The molecule has 7 heteroatoms. The fourth-order valence-corrected chi connectivity index (χ4v) is 2.57. The van der Waals surface area contributed by atoms with Crippen molar-refractivity contribution in [1.82, 2.24) is 5.32 Å². The van der Waals surface area contributed by atoms with Gasteiger partial charge >= 0.3 is 0 Å². The van der Waals surface area contributed by atoms with Gasteiger partial charge in [-0.3, -0.25) is 9.59 Å². The largest absolute Gasteiger partial charge is 0.493 e. The van der Waals surface area contributed by atoms with E-state index in [1.54, 1.807) is 49.6 Å². The van der Waals surface area contributed by atoms with Crippen LogP contribution in [0.15, 0.2) is 42.5 Å². The molecule has 0 aliphatic rings. The molecular formula is C23H30N2O5. The minimum atomic E-state index is -0.266. The van der Waals surface area contributed by atoms with Crippen LogP contribution in [0, 0.1) is 5.92 Å². The van der Waals surface area contributed by atoms with Gasteiger partial charge in [0.1, 0.15) is 5.75 Å². The Morgan fingerprint density at radius 1 is 1.00 bits per heavy atom. The zero-order chi connectivity index (χ0) is 21.9. The van der Waals surface area contributed by atoms with Gasteiger partial charge in [0, 0.05) is 17.8 Å². The molecule has 2 amide bonds. The van der Waals surface area contributed by atoms with E-state index in [0.717, 1.165) is 6.42 Å². The maximum absolute atomic E-state index is 12.6. The molecule has 0 atom stereocenters. The first-order valence-electron chi connectivity index (χ1n) is 10.0. The van der Waals surface area contributed by atoms with Crippen LogP contribution in [-0.2, 0) is 4.79 Å². The molecule has 2 aromatic carbocycles. The first-order valence-corrected chi connectivity index (χ1v) is 10.0. The lowest BCUT2D eigenvalue weighted by molar-refractivity contribution is -0.122. The minimum Gasteiger partial charge on any atom is -0.493 e. The number of anilines is 1. The zero-order valence-corrected chi connectivity index (χ0v) is 18.0. The molecule has 0 heterocycles. The Bertz CT molecular complexity index is 834. The van der Waals surface area contributed by atoms with Gasteiger partial charge in [-0.1, -0.05) is 13.8 Å². The number of benzene rings is 2. The SMILES string of the molecule is CCNC(=O)COc1ccc(NC(=O)c2ccc(OCCC(C)C)c(OC)c2)cc1. The van der Waals surface area contributed by atoms with Crippen LogP contribution in [0.1, 0.15) is 37.6 Å². The summed E-state index contributed by atoms with van der Waals surface area (Å²) in [5.74, 6) is 1.78. The van der Waals surface area contributed by atoms with Crippen molar-refractivity contribution in [3.63, 3.8) is 0 Å². The van der Waals surface area contributed by atoms with Crippen LogP contribution in [0.25, 0.3) is 0 Å². The number of hydrogen-bond donors (Lipinski definition) is 2. The van der Waals surface area contributed by atoms with E-state index in [9.17, 15) is 9.59 Å². The molecule has 0 spiro atoms. The van der Waals surface area contributed by atoms with E-state index in [4.69, 9.17) is 14.2 Å². The molecule has 2 aromatic rings. The zero-order valence-electron chi connectivity index (χ0n) is 18.0. The van der Waals surface area contributed by atoms with Gasteiger partial charge < -0.3 is 24.8 Å². The Hall–Kier alpha value is -3.22. The summed E-state index contributed by atoms with van der Waals surface area (Å²) in [5.41, 5.74) is 1.07. The molecule has 0 fully saturated rings. The number of carbonyl (C=O) groups excluding carboxylic acids is 2. The lowest BCUT2D eigenvalue weighted by atomic mass is 10.1. The molecule has 2 rings (SSSR count). The Morgan fingerprint density at radius 2 is 1.73 bits per heavy atom. The summed E-state index contributed by atoms with van der Waals surface area (Å²) < 4.78 is 16.5. The highest BCUT2D eigenvalue weighted by molar-refractivity contribution is 6.04. The molecule has 0 aromatic heterocycles. The van der Waals surface area contributed by atoms with Gasteiger partial charge in [0.25, 0.3) is 11.8 Å². The molecule has 162 valence electrons. The monoisotopic (exact) mass is 414 g/mol. The number of rotatable bonds is 11. The summed E-state index contributed by atoms with van der Waals surface area (Å²) in [4.78, 5) is 24.0. The van der Waals surface area contributed by atoms with E-state index in [-0.39, 0.29) is 18.4 Å². The van der Waals surface area contributed by atoms with Crippen molar-refractivity contribution in [2.45, 2.75) is 27.2 Å². The number of hydrogen-bond acceptors (Lipinski definition) is 5. The van der Waals surface area contributed by atoms with E-state index >= 15 is 0 Å². The van der Waals surface area contributed by atoms with Gasteiger partial charge in [0.2, 0.25) is 0 Å². The smallest absolute Gasteiger partial charge is 0.257 e. The second kappa shape index (κ2) is 11.7. The number of ether oxygens (including phenoxy) is 3. The fourth-order valence-electron chi connectivity index (χ4n) is 2.57. The first-order chi connectivity index (χ1) is 14.4. The summed E-state index contributed by atoms with van der Waals surface area (Å²) in [5, 5.41) is 5.49. The quantitative estimate of drug-likeness (QED) is 0.583. The Kier molecular flexibility index (Phi) is 9.00. The maximum Gasteiger partial charge on any atom is 0.257 e. The third-order valence-corrected chi connectivity index (χ3v) is 4.23. The average Bonchev–Trinajstić information content (AvgIpc) is 2.73. The maximum atomic E-state index is 12.6. The lowest BCUT2D eigenvalue weighted by Crippen LogP contribution is -2.28. The first kappa shape index (κ1) is 23.1. The second-order valence-corrected chi connectivity index (χ2v) is 7.12. The van der Waals surface area contributed by atoms with Crippen LogP contribution in [-0.4, -0.2) is 38.7 Å². The molecular weight excluding hydrogens is 384 g/mol. The van der Waals surface area contributed by atoms with E-state index in [0.29, 0.717) is 47.6 Å². The van der Waals surface area contributed by atoms with Gasteiger partial charge in [-0.25, -0.2) is 0 Å². The Balaban J connectivity index is 1.95. The minimum absolute atomic E-state index is 0.0507. The van der Waals surface area contributed by atoms with Crippen LogP contribution >= 0.6 is 0 Å². The molecule has 0 unspecified atom stereocenters. The van der Waals surface area contributed by atoms with Crippen molar-refractivity contribution in [3.05, 3.63) is 48.0 Å². The van der Waals surface area contributed by atoms with Gasteiger partial charge in [0.05, 0.1) is 13.7 Å². The topological polar surface area (TPSA) is 85.9 Å². The van der Waals surface area contributed by atoms with Crippen molar-refractivity contribution < 1.29 is 23.8 Å². The van der Waals surface area contributed by atoms with Crippen LogP contribution in [0.3, 0.4) is 0 Å². The molecule has 0 radical (unpaired) electrons. The predicted octanol–water partition coefficient (Wildman–Crippen LogP) is 3.89. The average molecular weight is 415 g/mol.